The standard InChI is InChI=1S/C22H27ClN2O/c1-17-3-2-14-25(15-17)16-19-4-8-20(9-5-19)22(26)24-13-12-18-6-10-21(23)11-7-18/h4-11,17H,2-3,12-16H2,1H3,(H,24,26). The molecular formula is C22H27ClN2O. The molecule has 1 amide bonds. The molecule has 1 heterocycles. The Morgan fingerprint density at radius 2 is 1.81 bits per heavy atom. The van der Waals surface area contributed by atoms with Crippen LogP contribution in [0.3, 0.4) is 0 Å². The first-order valence-electron chi connectivity index (χ1n) is 9.44. The van der Waals surface area contributed by atoms with E-state index >= 15 is 0 Å². The lowest BCUT2D eigenvalue weighted by Gasteiger charge is -2.30. The average molecular weight is 371 g/mol. The summed E-state index contributed by atoms with van der Waals surface area (Å²) in [4.78, 5) is 14.8. The van der Waals surface area contributed by atoms with E-state index in [2.05, 4.69) is 29.3 Å². The second-order valence-electron chi connectivity index (χ2n) is 7.31. The molecule has 4 heteroatoms. The number of carbonyl (C=O) groups is 1. The van der Waals surface area contributed by atoms with Gasteiger partial charge in [-0.2, -0.15) is 0 Å². The summed E-state index contributed by atoms with van der Waals surface area (Å²) in [6.07, 6.45) is 3.43. The smallest absolute Gasteiger partial charge is 0.251 e. The average Bonchev–Trinajstić information content (AvgIpc) is 2.64. The Morgan fingerprint density at radius 1 is 1.12 bits per heavy atom. The summed E-state index contributed by atoms with van der Waals surface area (Å²) in [5.74, 6) is 0.770. The molecular weight excluding hydrogens is 344 g/mol. The highest BCUT2D eigenvalue weighted by Gasteiger charge is 2.16. The van der Waals surface area contributed by atoms with Gasteiger partial charge in [0.2, 0.25) is 0 Å². The van der Waals surface area contributed by atoms with Crippen LogP contribution >= 0.6 is 11.6 Å². The fraction of sp³-hybridized carbons (Fsp3) is 0.409. The topological polar surface area (TPSA) is 32.3 Å². The molecule has 1 unspecified atom stereocenters. The monoisotopic (exact) mass is 370 g/mol. The molecule has 0 spiro atoms. The Labute approximate surface area is 161 Å². The fourth-order valence-electron chi connectivity index (χ4n) is 3.52. The zero-order valence-corrected chi connectivity index (χ0v) is 16.1. The number of hydrogen-bond donors (Lipinski definition) is 1. The minimum Gasteiger partial charge on any atom is -0.352 e. The van der Waals surface area contributed by atoms with E-state index in [-0.39, 0.29) is 5.91 Å². The van der Waals surface area contributed by atoms with Crippen molar-refractivity contribution in [2.24, 2.45) is 5.92 Å². The van der Waals surface area contributed by atoms with Crippen LogP contribution in [0.5, 0.6) is 0 Å². The lowest BCUT2D eigenvalue weighted by molar-refractivity contribution is 0.0954. The second-order valence-corrected chi connectivity index (χ2v) is 7.75. The van der Waals surface area contributed by atoms with E-state index in [1.165, 1.54) is 37.1 Å². The van der Waals surface area contributed by atoms with E-state index in [0.29, 0.717) is 6.54 Å². The zero-order valence-electron chi connectivity index (χ0n) is 15.4. The molecule has 26 heavy (non-hydrogen) atoms. The highest BCUT2D eigenvalue weighted by Crippen LogP contribution is 2.18. The van der Waals surface area contributed by atoms with Gasteiger partial charge in [0.05, 0.1) is 0 Å². The van der Waals surface area contributed by atoms with Gasteiger partial charge in [0.25, 0.3) is 5.91 Å². The number of rotatable bonds is 6. The number of hydrogen-bond acceptors (Lipinski definition) is 2. The first-order chi connectivity index (χ1) is 12.6. The van der Waals surface area contributed by atoms with Crippen LogP contribution < -0.4 is 5.32 Å². The number of benzene rings is 2. The fourth-order valence-corrected chi connectivity index (χ4v) is 3.65. The molecule has 0 radical (unpaired) electrons. The quantitative estimate of drug-likeness (QED) is 0.809. The Hall–Kier alpha value is -1.84. The second kappa shape index (κ2) is 9.20. The lowest BCUT2D eigenvalue weighted by Crippen LogP contribution is -2.33. The molecule has 0 aliphatic carbocycles. The van der Waals surface area contributed by atoms with Crippen molar-refractivity contribution in [1.29, 1.82) is 0 Å². The highest BCUT2D eigenvalue weighted by molar-refractivity contribution is 6.30. The van der Waals surface area contributed by atoms with Gasteiger partial charge >= 0.3 is 0 Å². The van der Waals surface area contributed by atoms with Crippen molar-refractivity contribution in [3.63, 3.8) is 0 Å². The molecule has 1 aliphatic heterocycles. The Kier molecular flexibility index (Phi) is 6.70. The van der Waals surface area contributed by atoms with E-state index in [9.17, 15) is 4.79 Å². The summed E-state index contributed by atoms with van der Waals surface area (Å²) < 4.78 is 0. The van der Waals surface area contributed by atoms with Crippen molar-refractivity contribution in [3.05, 3.63) is 70.2 Å². The van der Waals surface area contributed by atoms with Crippen LogP contribution in [0.25, 0.3) is 0 Å². The third-order valence-corrected chi connectivity index (χ3v) is 5.23. The van der Waals surface area contributed by atoms with Crippen LogP contribution in [-0.2, 0) is 13.0 Å². The maximum Gasteiger partial charge on any atom is 0.251 e. The molecule has 3 nitrogen and oxygen atoms in total. The Bertz CT molecular complexity index is 712. The van der Waals surface area contributed by atoms with Gasteiger partial charge < -0.3 is 5.32 Å². The summed E-state index contributed by atoms with van der Waals surface area (Å²) in [7, 11) is 0. The zero-order chi connectivity index (χ0) is 18.4. The van der Waals surface area contributed by atoms with Gasteiger partial charge in [0.1, 0.15) is 0 Å². The molecule has 0 aromatic heterocycles. The van der Waals surface area contributed by atoms with E-state index in [1.54, 1.807) is 0 Å². The summed E-state index contributed by atoms with van der Waals surface area (Å²) in [6.45, 7) is 6.27. The minimum absolute atomic E-state index is 0.0166. The summed E-state index contributed by atoms with van der Waals surface area (Å²) in [5.41, 5.74) is 3.16. The maximum atomic E-state index is 12.3. The Balaban J connectivity index is 1.46. The number of carbonyl (C=O) groups excluding carboxylic acids is 1. The van der Waals surface area contributed by atoms with Gasteiger partial charge in [-0.25, -0.2) is 0 Å². The third-order valence-electron chi connectivity index (χ3n) is 4.98. The number of halogens is 1. The Morgan fingerprint density at radius 3 is 2.50 bits per heavy atom. The van der Waals surface area contributed by atoms with Gasteiger partial charge in [0, 0.05) is 30.2 Å². The molecule has 1 atom stereocenters. The summed E-state index contributed by atoms with van der Waals surface area (Å²) in [5, 5.41) is 3.72. The van der Waals surface area contributed by atoms with Gasteiger partial charge in [-0.1, -0.05) is 42.8 Å². The van der Waals surface area contributed by atoms with Crippen LogP contribution in [0.4, 0.5) is 0 Å². The minimum atomic E-state index is -0.0166. The van der Waals surface area contributed by atoms with Crippen LogP contribution in [0, 0.1) is 5.92 Å². The molecule has 2 aromatic rings. The van der Waals surface area contributed by atoms with Gasteiger partial charge in [-0.05, 0) is 67.1 Å². The van der Waals surface area contributed by atoms with Crippen molar-refractivity contribution < 1.29 is 4.79 Å². The van der Waals surface area contributed by atoms with Crippen LogP contribution in [0.1, 0.15) is 41.3 Å². The van der Waals surface area contributed by atoms with Gasteiger partial charge in [-0.3, -0.25) is 9.69 Å². The summed E-state index contributed by atoms with van der Waals surface area (Å²) in [6, 6.07) is 15.7. The molecule has 138 valence electrons. The lowest BCUT2D eigenvalue weighted by atomic mass is 9.99. The third kappa shape index (κ3) is 5.58. The number of nitrogens with zero attached hydrogens (tertiary/aromatic N) is 1. The predicted molar refractivity (Wildman–Crippen MR) is 108 cm³/mol. The maximum absolute atomic E-state index is 12.3. The van der Waals surface area contributed by atoms with Crippen molar-refractivity contribution >= 4 is 17.5 Å². The van der Waals surface area contributed by atoms with Crippen LogP contribution in [-0.4, -0.2) is 30.4 Å². The van der Waals surface area contributed by atoms with E-state index < -0.39 is 0 Å². The highest BCUT2D eigenvalue weighted by atomic mass is 35.5. The van der Waals surface area contributed by atoms with Crippen molar-refractivity contribution in [3.8, 4) is 0 Å². The molecule has 0 saturated carbocycles. The van der Waals surface area contributed by atoms with Gasteiger partial charge in [-0.15, -0.1) is 0 Å². The normalized spacial score (nSPS) is 17.8. The number of amides is 1. The molecule has 2 aromatic carbocycles. The number of nitrogens with one attached hydrogen (secondary N) is 1. The van der Waals surface area contributed by atoms with Crippen molar-refractivity contribution in [1.82, 2.24) is 10.2 Å². The number of likely N-dealkylation sites (tertiary alicyclic amines) is 1. The van der Waals surface area contributed by atoms with E-state index in [1.807, 2.05) is 36.4 Å². The first kappa shape index (κ1) is 18.9. The SMILES string of the molecule is CC1CCCN(Cc2ccc(C(=O)NCCc3ccc(Cl)cc3)cc2)C1. The molecule has 1 fully saturated rings. The summed E-state index contributed by atoms with van der Waals surface area (Å²) >= 11 is 5.88. The molecule has 1 saturated heterocycles. The number of piperidine rings is 1. The molecule has 1 N–H and O–H groups in total. The first-order valence-corrected chi connectivity index (χ1v) is 9.82. The predicted octanol–water partition coefficient (Wildman–Crippen LogP) is 4.54. The van der Waals surface area contributed by atoms with Crippen LogP contribution in [0.2, 0.25) is 5.02 Å². The largest absolute Gasteiger partial charge is 0.352 e. The molecule has 0 bridgehead atoms. The van der Waals surface area contributed by atoms with Crippen molar-refractivity contribution in [2.75, 3.05) is 19.6 Å². The van der Waals surface area contributed by atoms with Crippen LogP contribution in [0.15, 0.2) is 48.5 Å². The van der Waals surface area contributed by atoms with E-state index in [4.69, 9.17) is 11.6 Å². The van der Waals surface area contributed by atoms with Gasteiger partial charge in [0.15, 0.2) is 0 Å². The van der Waals surface area contributed by atoms with E-state index in [0.717, 1.165) is 29.5 Å². The van der Waals surface area contributed by atoms with Crippen molar-refractivity contribution in [2.45, 2.75) is 32.7 Å². The molecule has 1 aliphatic rings. The molecule has 3 rings (SSSR count).